The van der Waals surface area contributed by atoms with Crippen molar-refractivity contribution in [1.29, 1.82) is 21.0 Å². The van der Waals surface area contributed by atoms with E-state index in [0.29, 0.717) is 40.0 Å². The molecule has 0 saturated heterocycles. The van der Waals surface area contributed by atoms with Crippen molar-refractivity contribution >= 4 is 90.6 Å². The number of fused-ring (bicyclic) bond motifs is 7. The van der Waals surface area contributed by atoms with Crippen molar-refractivity contribution in [1.82, 2.24) is 0 Å². The van der Waals surface area contributed by atoms with Crippen LogP contribution in [0.25, 0.3) is 31.3 Å². The third kappa shape index (κ3) is 6.27. The highest BCUT2D eigenvalue weighted by Gasteiger charge is 2.61. The number of hydrogen-bond donors (Lipinski definition) is 0. The summed E-state index contributed by atoms with van der Waals surface area (Å²) in [4.78, 5) is 86.9. The van der Waals surface area contributed by atoms with E-state index in [9.17, 15) is 40.2 Å². The van der Waals surface area contributed by atoms with Crippen molar-refractivity contribution in [3.05, 3.63) is 185 Å². The number of thiophene rings is 3. The number of ether oxygens (including phenoxy) is 2. The molecule has 0 amide bonds. The summed E-state index contributed by atoms with van der Waals surface area (Å²) >= 11 is 3.51. The van der Waals surface area contributed by atoms with Gasteiger partial charge in [-0.05, 0) is 59.7 Å². The Morgan fingerprint density at radius 1 is 0.530 bits per heavy atom. The highest BCUT2D eigenvalue weighted by Crippen LogP contribution is 2.61. The molecule has 10 rings (SSSR count). The number of allylic oxidation sites excluding steroid dienone is 2. The lowest BCUT2D eigenvalue weighted by molar-refractivity contribution is -0.164. The number of carbonyl (C=O) groups is 6. The molecule has 0 atom stereocenters. The van der Waals surface area contributed by atoms with Crippen molar-refractivity contribution in [3.8, 4) is 34.0 Å². The van der Waals surface area contributed by atoms with Gasteiger partial charge in [-0.1, -0.05) is 60.7 Å². The van der Waals surface area contributed by atoms with Gasteiger partial charge in [0.05, 0.1) is 47.9 Å². The number of rotatable bonds is 8. The Morgan fingerprint density at radius 2 is 0.939 bits per heavy atom. The van der Waals surface area contributed by atoms with Crippen molar-refractivity contribution < 1.29 is 38.2 Å². The van der Waals surface area contributed by atoms with Crippen LogP contribution in [0, 0.1) is 45.3 Å². The Hall–Kier alpha value is -8.70. The molecular weight excluding hydrogens is 893 g/mol. The minimum atomic E-state index is -2.26. The van der Waals surface area contributed by atoms with Gasteiger partial charge in [-0.25, -0.2) is 0 Å². The van der Waals surface area contributed by atoms with Crippen LogP contribution >= 0.6 is 34.0 Å². The van der Waals surface area contributed by atoms with E-state index >= 15 is 9.59 Å². The highest BCUT2D eigenvalue weighted by atomic mass is 32.1. The molecule has 0 saturated carbocycles. The smallest absolute Gasteiger partial charge is 0.333 e. The fourth-order valence-electron chi connectivity index (χ4n) is 8.37. The minimum Gasteiger partial charge on any atom is -0.459 e. The van der Waals surface area contributed by atoms with Crippen LogP contribution in [-0.4, -0.2) is 35.1 Å². The molecule has 0 spiro atoms. The Morgan fingerprint density at radius 3 is 1.35 bits per heavy atom. The molecule has 7 aromatic rings. The molecule has 15 heteroatoms. The Balaban J connectivity index is 1.13. The number of benzene rings is 4. The van der Waals surface area contributed by atoms with E-state index in [-0.39, 0.29) is 80.0 Å². The van der Waals surface area contributed by atoms with Crippen molar-refractivity contribution in [2.45, 2.75) is 18.6 Å². The lowest BCUT2D eigenvalue weighted by Gasteiger charge is -2.26. The number of nitrogens with zero attached hydrogens (tertiary/aromatic N) is 4. The second-order valence-corrected chi connectivity index (χ2v) is 18.4. The monoisotopic (exact) mass is 914 g/mol. The van der Waals surface area contributed by atoms with Crippen LogP contribution in [0.1, 0.15) is 95.7 Å². The van der Waals surface area contributed by atoms with Gasteiger partial charge >= 0.3 is 11.9 Å². The number of Topliss-reactive ketones (excluding diaryl/α,β-unsaturated/α-hetero) is 4. The molecule has 0 aliphatic heterocycles. The van der Waals surface area contributed by atoms with Crippen LogP contribution in [0.4, 0.5) is 0 Å². The van der Waals surface area contributed by atoms with Crippen LogP contribution in [0.3, 0.4) is 0 Å². The number of nitriles is 4. The lowest BCUT2D eigenvalue weighted by Crippen LogP contribution is -2.45. The van der Waals surface area contributed by atoms with Gasteiger partial charge < -0.3 is 9.47 Å². The zero-order valence-electron chi connectivity index (χ0n) is 33.6. The molecule has 0 radical (unpaired) electrons. The first kappa shape index (κ1) is 41.3. The molecule has 3 aliphatic rings. The Bertz CT molecular complexity index is 3490. The second-order valence-electron chi connectivity index (χ2n) is 15.2. The molecule has 3 aromatic heterocycles. The molecule has 0 bridgehead atoms. The minimum absolute atomic E-state index is 0.00123. The average Bonchev–Trinajstić information content (AvgIpc) is 4.17. The molecule has 0 fully saturated rings. The van der Waals surface area contributed by atoms with E-state index in [4.69, 9.17) is 9.47 Å². The van der Waals surface area contributed by atoms with Gasteiger partial charge in [0.2, 0.25) is 5.41 Å². The van der Waals surface area contributed by atoms with Crippen LogP contribution in [-0.2, 0) is 37.7 Å². The summed E-state index contributed by atoms with van der Waals surface area (Å²) in [5.74, 6) is -4.47. The maximum absolute atomic E-state index is 15.2. The first-order chi connectivity index (χ1) is 32.0. The van der Waals surface area contributed by atoms with Gasteiger partial charge in [0.25, 0.3) is 0 Å². The maximum Gasteiger partial charge on any atom is 0.333 e. The summed E-state index contributed by atoms with van der Waals surface area (Å²) in [6.45, 7) is -0.423. The quantitative estimate of drug-likeness (QED) is 0.0603. The van der Waals surface area contributed by atoms with Crippen LogP contribution in [0.2, 0.25) is 0 Å². The first-order valence-electron chi connectivity index (χ1n) is 19.7. The zero-order valence-corrected chi connectivity index (χ0v) is 36.0. The van der Waals surface area contributed by atoms with Crippen molar-refractivity contribution in [3.63, 3.8) is 0 Å². The fourth-order valence-corrected chi connectivity index (χ4v) is 12.4. The van der Waals surface area contributed by atoms with Crippen molar-refractivity contribution in [2.24, 2.45) is 0 Å². The van der Waals surface area contributed by atoms with Crippen LogP contribution in [0.15, 0.2) is 108 Å². The zero-order chi connectivity index (χ0) is 46.0. The molecule has 0 N–H and O–H groups in total. The molecular formula is C51H22N4O8S3. The molecule has 3 aliphatic carbocycles. The predicted molar refractivity (Wildman–Crippen MR) is 241 cm³/mol. The summed E-state index contributed by atoms with van der Waals surface area (Å²) in [5.41, 5.74) is -1.17. The summed E-state index contributed by atoms with van der Waals surface area (Å²) in [7, 11) is 0. The van der Waals surface area contributed by atoms with Gasteiger partial charge in [-0.2, -0.15) is 21.0 Å². The maximum atomic E-state index is 15.2. The average molecular weight is 915 g/mol. The lowest BCUT2D eigenvalue weighted by atomic mass is 9.79. The molecule has 66 heavy (non-hydrogen) atoms. The summed E-state index contributed by atoms with van der Waals surface area (Å²) in [6.07, 6.45) is 2.78. The van der Waals surface area contributed by atoms with Crippen LogP contribution in [0.5, 0.6) is 0 Å². The van der Waals surface area contributed by atoms with E-state index in [2.05, 4.69) is 0 Å². The summed E-state index contributed by atoms with van der Waals surface area (Å²) in [5, 5.41) is 38.3. The molecule has 0 unspecified atom stereocenters. The molecule has 12 nitrogen and oxygen atoms in total. The van der Waals surface area contributed by atoms with E-state index in [1.807, 2.05) is 24.3 Å². The summed E-state index contributed by atoms with van der Waals surface area (Å²) < 4.78 is 13.2. The molecule has 4 aromatic carbocycles. The third-order valence-corrected chi connectivity index (χ3v) is 15.1. The number of ketones is 4. The van der Waals surface area contributed by atoms with E-state index in [1.54, 1.807) is 72.8 Å². The van der Waals surface area contributed by atoms with Gasteiger partial charge in [-0.15, -0.1) is 34.0 Å². The largest absolute Gasteiger partial charge is 0.459 e. The van der Waals surface area contributed by atoms with Gasteiger partial charge in [0, 0.05) is 47.8 Å². The van der Waals surface area contributed by atoms with Gasteiger partial charge in [0.1, 0.15) is 37.5 Å². The van der Waals surface area contributed by atoms with E-state index < -0.39 is 40.5 Å². The van der Waals surface area contributed by atoms with Gasteiger partial charge in [-0.3, -0.25) is 28.8 Å². The SMILES string of the molecule is N#Cc1cc2c(cc1C#N)C(=O)C(=Cc1cc3c(s1)-c1sc4cc(C=C5C(=O)c6cc(C#N)c(C#N)cc6C5=O)sc4c1C3(C(=O)OCc1ccccc1)C(=O)OCc1ccccc1)C2=O. The van der Waals surface area contributed by atoms with E-state index in [0.717, 1.165) is 22.7 Å². The molecule has 3 heterocycles. The standard InChI is InChI=1S/C51H22N4O8S3/c52-19-27-11-33-34(12-28(27)20-53)43(57)37(42(33)56)15-31-17-39-46(64-31)48-41(51(39,49(60)62-23-25-7-3-1-4-8-25)50(61)63-24-26-9-5-2-6-10-26)47-40(66-48)18-32(65-47)16-38-44(58)35-13-29(21-54)30(22-55)14-36(35)45(38)59/h1-18H,23-24H2. The van der Waals surface area contributed by atoms with Gasteiger partial charge in [0.15, 0.2) is 23.1 Å². The number of carbonyl (C=O) groups excluding carboxylic acids is 6. The fraction of sp³-hybridized carbons (Fsp3) is 0.0588. The van der Waals surface area contributed by atoms with Crippen molar-refractivity contribution in [2.75, 3.05) is 0 Å². The second kappa shape index (κ2) is 15.8. The number of hydrogen-bond acceptors (Lipinski definition) is 15. The molecule has 312 valence electrons. The highest BCUT2D eigenvalue weighted by molar-refractivity contribution is 7.32. The van der Waals surface area contributed by atoms with Crippen LogP contribution < -0.4 is 0 Å². The Labute approximate surface area is 385 Å². The Kier molecular flexibility index (Phi) is 9.91. The summed E-state index contributed by atoms with van der Waals surface area (Å²) in [6, 6.07) is 33.5. The first-order valence-corrected chi connectivity index (χ1v) is 22.2. The topological polar surface area (TPSA) is 216 Å². The third-order valence-electron chi connectivity index (χ3n) is 11.5. The van der Waals surface area contributed by atoms with E-state index in [1.165, 1.54) is 47.8 Å². The number of esters is 2. The normalized spacial score (nSPS) is 13.8. The predicted octanol–water partition coefficient (Wildman–Crippen LogP) is 9.19.